The Hall–Kier alpha value is -0.760. The lowest BCUT2D eigenvalue weighted by molar-refractivity contribution is 0.212. The van der Waals surface area contributed by atoms with Crippen LogP contribution in [0.3, 0.4) is 0 Å². The Morgan fingerprint density at radius 1 is 1.47 bits per heavy atom. The first kappa shape index (κ1) is 10.7. The fourth-order valence-corrected chi connectivity index (χ4v) is 2.93. The van der Waals surface area contributed by atoms with Crippen LogP contribution in [0.5, 0.6) is 0 Å². The second kappa shape index (κ2) is 4.40. The Balaban J connectivity index is 2.02. The fourth-order valence-electron chi connectivity index (χ4n) is 2.93. The number of rotatable bonds is 4. The van der Waals surface area contributed by atoms with E-state index >= 15 is 0 Å². The van der Waals surface area contributed by atoms with Crippen molar-refractivity contribution in [2.75, 3.05) is 0 Å². The van der Waals surface area contributed by atoms with E-state index in [0.29, 0.717) is 5.41 Å². The first-order valence-corrected chi connectivity index (χ1v) is 6.05. The summed E-state index contributed by atoms with van der Waals surface area (Å²) >= 11 is 0. The average Bonchev–Trinajstić information content (AvgIpc) is 2.87. The van der Waals surface area contributed by atoms with Gasteiger partial charge in [-0.3, -0.25) is 0 Å². The third kappa shape index (κ3) is 2.10. The van der Waals surface area contributed by atoms with Crippen LogP contribution in [0.15, 0.2) is 22.8 Å². The van der Waals surface area contributed by atoms with E-state index in [4.69, 9.17) is 10.2 Å². The van der Waals surface area contributed by atoms with Crippen molar-refractivity contribution < 1.29 is 4.42 Å². The molecule has 0 aliphatic heterocycles. The van der Waals surface area contributed by atoms with Gasteiger partial charge in [0.2, 0.25) is 0 Å². The van der Waals surface area contributed by atoms with Crippen molar-refractivity contribution in [1.29, 1.82) is 0 Å². The Bertz CT molecular complexity index is 285. The highest BCUT2D eigenvalue weighted by Crippen LogP contribution is 2.43. The first-order chi connectivity index (χ1) is 7.27. The molecule has 1 saturated carbocycles. The van der Waals surface area contributed by atoms with Crippen LogP contribution < -0.4 is 5.73 Å². The van der Waals surface area contributed by atoms with Crippen molar-refractivity contribution in [2.24, 2.45) is 11.1 Å². The molecule has 1 aromatic rings. The number of hydrogen-bond acceptors (Lipinski definition) is 2. The minimum Gasteiger partial charge on any atom is -0.469 e. The summed E-state index contributed by atoms with van der Waals surface area (Å²) in [6.45, 7) is 2.27. The first-order valence-electron chi connectivity index (χ1n) is 6.05. The standard InChI is InChI=1S/C13H21NO/c1-2-13(7-3-4-8-13)12(14)10-11-6-5-9-15-11/h5-6,9,12H,2-4,7-8,10,14H2,1H3. The molecule has 0 aromatic carbocycles. The molecule has 2 nitrogen and oxygen atoms in total. The highest BCUT2D eigenvalue weighted by Gasteiger charge is 2.37. The Morgan fingerprint density at radius 3 is 2.73 bits per heavy atom. The maximum atomic E-state index is 6.36. The van der Waals surface area contributed by atoms with Crippen molar-refractivity contribution in [3.63, 3.8) is 0 Å². The number of furan rings is 1. The fraction of sp³-hybridized carbons (Fsp3) is 0.692. The summed E-state index contributed by atoms with van der Waals surface area (Å²) in [6, 6.07) is 4.23. The van der Waals surface area contributed by atoms with Crippen LogP contribution in [0.25, 0.3) is 0 Å². The molecule has 0 spiro atoms. The lowest BCUT2D eigenvalue weighted by atomic mass is 9.75. The second-order valence-electron chi connectivity index (χ2n) is 4.81. The molecule has 1 heterocycles. The average molecular weight is 207 g/mol. The summed E-state index contributed by atoms with van der Waals surface area (Å²) in [4.78, 5) is 0. The lowest BCUT2D eigenvalue weighted by Crippen LogP contribution is -2.41. The second-order valence-corrected chi connectivity index (χ2v) is 4.81. The van der Waals surface area contributed by atoms with Crippen LogP contribution in [0.1, 0.15) is 44.8 Å². The third-order valence-corrected chi connectivity index (χ3v) is 4.09. The van der Waals surface area contributed by atoms with E-state index in [2.05, 4.69) is 6.92 Å². The summed E-state index contributed by atoms with van der Waals surface area (Å²) in [5.74, 6) is 1.03. The van der Waals surface area contributed by atoms with E-state index < -0.39 is 0 Å². The van der Waals surface area contributed by atoms with Crippen molar-refractivity contribution in [1.82, 2.24) is 0 Å². The molecule has 1 aliphatic rings. The van der Waals surface area contributed by atoms with Gasteiger partial charge in [-0.25, -0.2) is 0 Å². The van der Waals surface area contributed by atoms with Crippen LogP contribution in [-0.2, 0) is 6.42 Å². The zero-order valence-corrected chi connectivity index (χ0v) is 9.54. The van der Waals surface area contributed by atoms with E-state index in [-0.39, 0.29) is 6.04 Å². The molecule has 1 aromatic heterocycles. The smallest absolute Gasteiger partial charge is 0.105 e. The van der Waals surface area contributed by atoms with Gasteiger partial charge < -0.3 is 10.2 Å². The molecule has 84 valence electrons. The van der Waals surface area contributed by atoms with Crippen molar-refractivity contribution in [3.05, 3.63) is 24.2 Å². The van der Waals surface area contributed by atoms with Crippen LogP contribution in [-0.4, -0.2) is 6.04 Å². The maximum Gasteiger partial charge on any atom is 0.105 e. The van der Waals surface area contributed by atoms with Crippen molar-refractivity contribution in [3.8, 4) is 0 Å². The predicted molar refractivity (Wildman–Crippen MR) is 61.6 cm³/mol. The predicted octanol–water partition coefficient (Wildman–Crippen LogP) is 3.12. The van der Waals surface area contributed by atoms with Gasteiger partial charge in [-0.2, -0.15) is 0 Å². The molecule has 2 heteroatoms. The van der Waals surface area contributed by atoms with Crippen LogP contribution in [0, 0.1) is 5.41 Å². The maximum absolute atomic E-state index is 6.36. The molecule has 0 radical (unpaired) electrons. The van der Waals surface area contributed by atoms with Crippen LogP contribution in [0.2, 0.25) is 0 Å². The molecule has 1 unspecified atom stereocenters. The molecule has 2 rings (SSSR count). The van der Waals surface area contributed by atoms with Gasteiger partial charge in [-0.1, -0.05) is 19.8 Å². The van der Waals surface area contributed by atoms with E-state index in [1.165, 1.54) is 32.1 Å². The Labute approximate surface area is 91.8 Å². The summed E-state index contributed by atoms with van der Waals surface area (Å²) < 4.78 is 5.37. The van der Waals surface area contributed by atoms with Gasteiger partial charge in [-0.05, 0) is 36.8 Å². The summed E-state index contributed by atoms with van der Waals surface area (Å²) in [5.41, 5.74) is 6.74. The van der Waals surface area contributed by atoms with Gasteiger partial charge in [0.15, 0.2) is 0 Å². The van der Waals surface area contributed by atoms with Gasteiger partial charge in [0.05, 0.1) is 6.26 Å². The van der Waals surface area contributed by atoms with E-state index in [1.807, 2.05) is 12.1 Å². The molecule has 2 N–H and O–H groups in total. The van der Waals surface area contributed by atoms with E-state index in [0.717, 1.165) is 12.2 Å². The van der Waals surface area contributed by atoms with E-state index in [9.17, 15) is 0 Å². The highest BCUT2D eigenvalue weighted by atomic mass is 16.3. The quantitative estimate of drug-likeness (QED) is 0.824. The SMILES string of the molecule is CCC1(C(N)Cc2ccco2)CCCC1. The minimum absolute atomic E-state index is 0.260. The lowest BCUT2D eigenvalue weighted by Gasteiger charge is -2.34. The number of hydrogen-bond donors (Lipinski definition) is 1. The van der Waals surface area contributed by atoms with Gasteiger partial charge in [0.25, 0.3) is 0 Å². The monoisotopic (exact) mass is 207 g/mol. The molecular formula is C13H21NO. The molecule has 1 aliphatic carbocycles. The third-order valence-electron chi connectivity index (χ3n) is 4.09. The topological polar surface area (TPSA) is 39.2 Å². The molecule has 15 heavy (non-hydrogen) atoms. The van der Waals surface area contributed by atoms with Gasteiger partial charge in [-0.15, -0.1) is 0 Å². The summed E-state index contributed by atoms with van der Waals surface area (Å²) in [6.07, 6.45) is 9.11. The number of nitrogens with two attached hydrogens (primary N) is 1. The van der Waals surface area contributed by atoms with Gasteiger partial charge in [0, 0.05) is 12.5 Å². The molecule has 1 atom stereocenters. The molecule has 0 amide bonds. The molecule has 1 fully saturated rings. The van der Waals surface area contributed by atoms with Crippen LogP contribution >= 0.6 is 0 Å². The Kier molecular flexibility index (Phi) is 3.15. The normalized spacial score (nSPS) is 21.7. The zero-order chi connectivity index (χ0) is 10.7. The minimum atomic E-state index is 0.260. The summed E-state index contributed by atoms with van der Waals surface area (Å²) in [5, 5.41) is 0. The molecule has 0 saturated heterocycles. The largest absolute Gasteiger partial charge is 0.469 e. The molecular weight excluding hydrogens is 186 g/mol. The molecule has 0 bridgehead atoms. The zero-order valence-electron chi connectivity index (χ0n) is 9.54. The van der Waals surface area contributed by atoms with Crippen molar-refractivity contribution in [2.45, 2.75) is 51.5 Å². The van der Waals surface area contributed by atoms with Gasteiger partial charge >= 0.3 is 0 Å². The van der Waals surface area contributed by atoms with Crippen LogP contribution in [0.4, 0.5) is 0 Å². The van der Waals surface area contributed by atoms with E-state index in [1.54, 1.807) is 6.26 Å². The summed E-state index contributed by atoms with van der Waals surface area (Å²) in [7, 11) is 0. The highest BCUT2D eigenvalue weighted by molar-refractivity contribution is 5.04. The Morgan fingerprint density at radius 2 is 2.20 bits per heavy atom. The van der Waals surface area contributed by atoms with Gasteiger partial charge in [0.1, 0.15) is 5.76 Å². The van der Waals surface area contributed by atoms with Crippen molar-refractivity contribution >= 4 is 0 Å².